The highest BCUT2D eigenvalue weighted by molar-refractivity contribution is 9.10. The summed E-state index contributed by atoms with van der Waals surface area (Å²) >= 11 is 9.28. The summed E-state index contributed by atoms with van der Waals surface area (Å²) in [5.74, 6) is -0.105. The summed E-state index contributed by atoms with van der Waals surface area (Å²) in [6, 6.07) is 13.5. The normalized spacial score (nSPS) is 10.3. The van der Waals surface area contributed by atoms with Gasteiger partial charge in [0.1, 0.15) is 0 Å². The lowest BCUT2D eigenvalue weighted by molar-refractivity contribution is 0.0954. The van der Waals surface area contributed by atoms with E-state index < -0.39 is 0 Å². The third-order valence-electron chi connectivity index (χ3n) is 2.96. The SMILES string of the molecule is Cc1cccc(CCNC(=O)c2ccc(Br)c(Cl)c2)c1. The lowest BCUT2D eigenvalue weighted by Gasteiger charge is -2.07. The second-order valence-corrected chi connectivity index (χ2v) is 5.89. The molecular weight excluding hydrogens is 338 g/mol. The van der Waals surface area contributed by atoms with Crippen molar-refractivity contribution in [3.63, 3.8) is 0 Å². The van der Waals surface area contributed by atoms with Gasteiger partial charge in [0.15, 0.2) is 0 Å². The van der Waals surface area contributed by atoms with Crippen LogP contribution in [-0.2, 0) is 6.42 Å². The Balaban J connectivity index is 1.90. The van der Waals surface area contributed by atoms with Crippen molar-refractivity contribution < 1.29 is 4.79 Å². The minimum Gasteiger partial charge on any atom is -0.352 e. The Hall–Kier alpha value is -1.32. The predicted molar refractivity (Wildman–Crippen MR) is 86.4 cm³/mol. The average molecular weight is 353 g/mol. The van der Waals surface area contributed by atoms with Crippen molar-refractivity contribution in [3.8, 4) is 0 Å². The van der Waals surface area contributed by atoms with Crippen molar-refractivity contribution in [1.82, 2.24) is 5.32 Å². The van der Waals surface area contributed by atoms with Gasteiger partial charge in [-0.15, -0.1) is 0 Å². The second-order valence-electron chi connectivity index (χ2n) is 4.62. The number of rotatable bonds is 4. The van der Waals surface area contributed by atoms with E-state index in [2.05, 4.69) is 46.4 Å². The van der Waals surface area contributed by atoms with E-state index in [9.17, 15) is 4.79 Å². The zero-order chi connectivity index (χ0) is 14.5. The van der Waals surface area contributed by atoms with Crippen LogP contribution >= 0.6 is 27.5 Å². The van der Waals surface area contributed by atoms with Crippen LogP contribution in [0.2, 0.25) is 5.02 Å². The molecule has 0 unspecified atom stereocenters. The molecule has 2 aromatic rings. The van der Waals surface area contributed by atoms with Gasteiger partial charge in [-0.2, -0.15) is 0 Å². The van der Waals surface area contributed by atoms with Gasteiger partial charge in [-0.05, 0) is 53.0 Å². The molecule has 104 valence electrons. The van der Waals surface area contributed by atoms with Gasteiger partial charge in [0, 0.05) is 16.6 Å². The molecule has 0 fully saturated rings. The molecule has 0 heterocycles. The standard InChI is InChI=1S/C16H15BrClNO/c1-11-3-2-4-12(9-11)7-8-19-16(20)13-5-6-14(17)15(18)10-13/h2-6,9-10H,7-8H2,1H3,(H,19,20). The molecule has 2 rings (SSSR count). The molecule has 0 spiro atoms. The fraction of sp³-hybridized carbons (Fsp3) is 0.188. The smallest absolute Gasteiger partial charge is 0.251 e. The van der Waals surface area contributed by atoms with Crippen LogP contribution in [-0.4, -0.2) is 12.5 Å². The molecule has 2 nitrogen and oxygen atoms in total. The lowest BCUT2D eigenvalue weighted by atomic mass is 10.1. The van der Waals surface area contributed by atoms with Crippen LogP contribution < -0.4 is 5.32 Å². The minimum atomic E-state index is -0.105. The van der Waals surface area contributed by atoms with Gasteiger partial charge in [0.25, 0.3) is 5.91 Å². The highest BCUT2D eigenvalue weighted by Crippen LogP contribution is 2.23. The monoisotopic (exact) mass is 351 g/mol. The zero-order valence-electron chi connectivity index (χ0n) is 11.1. The van der Waals surface area contributed by atoms with E-state index in [1.54, 1.807) is 18.2 Å². The molecule has 0 aliphatic carbocycles. The van der Waals surface area contributed by atoms with Crippen molar-refractivity contribution in [3.05, 3.63) is 68.7 Å². The van der Waals surface area contributed by atoms with E-state index in [1.165, 1.54) is 11.1 Å². The van der Waals surface area contributed by atoms with Crippen molar-refractivity contribution >= 4 is 33.4 Å². The molecule has 0 saturated heterocycles. The maximum absolute atomic E-state index is 12.0. The van der Waals surface area contributed by atoms with E-state index >= 15 is 0 Å². The topological polar surface area (TPSA) is 29.1 Å². The zero-order valence-corrected chi connectivity index (χ0v) is 13.5. The fourth-order valence-electron chi connectivity index (χ4n) is 1.93. The van der Waals surface area contributed by atoms with Crippen LogP contribution in [0.5, 0.6) is 0 Å². The molecule has 1 N–H and O–H groups in total. The molecule has 0 aliphatic rings. The first-order valence-electron chi connectivity index (χ1n) is 6.35. The molecule has 20 heavy (non-hydrogen) atoms. The van der Waals surface area contributed by atoms with E-state index in [0.29, 0.717) is 17.1 Å². The Bertz CT molecular complexity index is 628. The number of aryl methyl sites for hydroxylation is 1. The summed E-state index contributed by atoms with van der Waals surface area (Å²) in [6.45, 7) is 2.67. The average Bonchev–Trinajstić information content (AvgIpc) is 2.42. The third kappa shape index (κ3) is 4.09. The number of carbonyl (C=O) groups excluding carboxylic acids is 1. The van der Waals surface area contributed by atoms with Crippen LogP contribution in [0, 0.1) is 6.92 Å². The summed E-state index contributed by atoms with van der Waals surface area (Å²) in [5.41, 5.74) is 3.02. The van der Waals surface area contributed by atoms with Gasteiger partial charge < -0.3 is 5.32 Å². The molecule has 0 saturated carbocycles. The van der Waals surface area contributed by atoms with Gasteiger partial charge in [0.2, 0.25) is 0 Å². The lowest BCUT2D eigenvalue weighted by Crippen LogP contribution is -2.25. The first-order chi connectivity index (χ1) is 9.56. The number of amides is 1. The molecule has 2 aromatic carbocycles. The number of nitrogens with one attached hydrogen (secondary N) is 1. The quantitative estimate of drug-likeness (QED) is 0.869. The predicted octanol–water partition coefficient (Wildman–Crippen LogP) is 4.38. The maximum Gasteiger partial charge on any atom is 0.251 e. The molecule has 0 bridgehead atoms. The van der Waals surface area contributed by atoms with E-state index in [1.807, 2.05) is 6.07 Å². The van der Waals surface area contributed by atoms with Crippen LogP contribution in [0.15, 0.2) is 46.9 Å². The summed E-state index contributed by atoms with van der Waals surface area (Å²) in [4.78, 5) is 12.0. The van der Waals surface area contributed by atoms with E-state index in [0.717, 1.165) is 10.9 Å². The summed E-state index contributed by atoms with van der Waals surface area (Å²) in [7, 11) is 0. The molecule has 1 amide bonds. The van der Waals surface area contributed by atoms with Crippen molar-refractivity contribution in [1.29, 1.82) is 0 Å². The Morgan fingerprint density at radius 3 is 2.75 bits per heavy atom. The summed E-state index contributed by atoms with van der Waals surface area (Å²) in [5, 5.41) is 3.44. The molecule has 0 aromatic heterocycles. The molecule has 0 radical (unpaired) electrons. The van der Waals surface area contributed by atoms with Gasteiger partial charge in [-0.25, -0.2) is 0 Å². The largest absolute Gasteiger partial charge is 0.352 e. The number of halogens is 2. The molecule has 0 aliphatic heterocycles. The second kappa shape index (κ2) is 6.91. The Morgan fingerprint density at radius 1 is 1.25 bits per heavy atom. The highest BCUT2D eigenvalue weighted by atomic mass is 79.9. The number of hydrogen-bond acceptors (Lipinski definition) is 1. The van der Waals surface area contributed by atoms with Crippen LogP contribution in [0.25, 0.3) is 0 Å². The maximum atomic E-state index is 12.0. The van der Waals surface area contributed by atoms with Gasteiger partial charge in [0.05, 0.1) is 5.02 Å². The first-order valence-corrected chi connectivity index (χ1v) is 7.52. The Kier molecular flexibility index (Phi) is 5.21. The Morgan fingerprint density at radius 2 is 2.05 bits per heavy atom. The van der Waals surface area contributed by atoms with Gasteiger partial charge >= 0.3 is 0 Å². The van der Waals surface area contributed by atoms with Crippen LogP contribution in [0.4, 0.5) is 0 Å². The highest BCUT2D eigenvalue weighted by Gasteiger charge is 2.07. The van der Waals surface area contributed by atoms with E-state index in [4.69, 9.17) is 11.6 Å². The van der Waals surface area contributed by atoms with Crippen LogP contribution in [0.1, 0.15) is 21.5 Å². The van der Waals surface area contributed by atoms with Crippen molar-refractivity contribution in [2.45, 2.75) is 13.3 Å². The van der Waals surface area contributed by atoms with Crippen molar-refractivity contribution in [2.24, 2.45) is 0 Å². The van der Waals surface area contributed by atoms with Gasteiger partial charge in [-0.3, -0.25) is 4.79 Å². The minimum absolute atomic E-state index is 0.105. The molecular formula is C16H15BrClNO. The number of carbonyl (C=O) groups is 1. The summed E-state index contributed by atoms with van der Waals surface area (Å²) < 4.78 is 0.787. The van der Waals surface area contributed by atoms with Crippen LogP contribution in [0.3, 0.4) is 0 Å². The fourth-order valence-corrected chi connectivity index (χ4v) is 2.35. The Labute approximate surface area is 132 Å². The summed E-state index contributed by atoms with van der Waals surface area (Å²) in [6.07, 6.45) is 0.817. The van der Waals surface area contributed by atoms with Crippen molar-refractivity contribution in [2.75, 3.05) is 6.54 Å². The molecule has 4 heteroatoms. The molecule has 0 atom stereocenters. The first kappa shape index (κ1) is 15.1. The third-order valence-corrected chi connectivity index (χ3v) is 4.20. The van der Waals surface area contributed by atoms with E-state index in [-0.39, 0.29) is 5.91 Å². The number of benzene rings is 2. The van der Waals surface area contributed by atoms with Gasteiger partial charge in [-0.1, -0.05) is 41.4 Å². The number of hydrogen-bond donors (Lipinski definition) is 1.